The zero-order valence-corrected chi connectivity index (χ0v) is 10.3. The Morgan fingerprint density at radius 3 is 2.29 bits per heavy atom. The lowest BCUT2D eigenvalue weighted by atomic mass is 10.1. The van der Waals surface area contributed by atoms with Gasteiger partial charge in [0, 0.05) is 12.8 Å². The van der Waals surface area contributed by atoms with Gasteiger partial charge in [-0.3, -0.25) is 9.59 Å². The molecule has 0 heterocycles. The zero-order valence-electron chi connectivity index (χ0n) is 10.3. The third kappa shape index (κ3) is 9.43. The summed E-state index contributed by atoms with van der Waals surface area (Å²) in [6.45, 7) is 1.86. The zero-order chi connectivity index (χ0) is 13.1. The van der Waals surface area contributed by atoms with Crippen molar-refractivity contribution in [2.24, 2.45) is 0 Å². The largest absolute Gasteiger partial charge is 0.481 e. The van der Waals surface area contributed by atoms with Crippen LogP contribution in [0.5, 0.6) is 0 Å². The fraction of sp³-hybridized carbons (Fsp3) is 0.692. The van der Waals surface area contributed by atoms with Crippen molar-refractivity contribution in [2.75, 3.05) is 0 Å². The summed E-state index contributed by atoms with van der Waals surface area (Å²) in [5.74, 6) is 1.35. The highest BCUT2D eigenvalue weighted by atomic mass is 16.5. The molecule has 1 unspecified atom stereocenters. The van der Waals surface area contributed by atoms with Crippen LogP contribution in [0.3, 0.4) is 0 Å². The molecule has 0 aliphatic carbocycles. The second-order valence-electron chi connectivity index (χ2n) is 3.86. The van der Waals surface area contributed by atoms with E-state index in [9.17, 15) is 9.59 Å². The molecule has 4 nitrogen and oxygen atoms in total. The molecule has 0 saturated carbocycles. The topological polar surface area (TPSA) is 63.6 Å². The number of carbonyl (C=O) groups is 2. The second-order valence-corrected chi connectivity index (χ2v) is 3.86. The minimum atomic E-state index is -0.774. The minimum Gasteiger partial charge on any atom is -0.481 e. The lowest BCUT2D eigenvalue weighted by molar-refractivity contribution is -0.146. The Hall–Kier alpha value is -1.50. The van der Waals surface area contributed by atoms with Gasteiger partial charge in [-0.15, -0.1) is 6.42 Å². The van der Waals surface area contributed by atoms with Gasteiger partial charge in [-0.05, 0) is 19.3 Å². The summed E-state index contributed by atoms with van der Waals surface area (Å²) in [4.78, 5) is 21.5. The molecule has 0 aliphatic rings. The fourth-order valence-electron chi connectivity index (χ4n) is 1.35. The number of terminal acetylenes is 1. The number of carbonyl (C=O) groups excluding carboxylic acids is 1. The minimum absolute atomic E-state index is 0.194. The van der Waals surface area contributed by atoms with E-state index in [0.29, 0.717) is 19.3 Å². The van der Waals surface area contributed by atoms with Crippen molar-refractivity contribution in [2.45, 2.75) is 58.0 Å². The van der Waals surface area contributed by atoms with Crippen LogP contribution in [-0.4, -0.2) is 23.1 Å². The molecule has 0 rings (SSSR count). The first-order valence-corrected chi connectivity index (χ1v) is 5.97. The van der Waals surface area contributed by atoms with Crippen LogP contribution in [0.25, 0.3) is 0 Å². The van der Waals surface area contributed by atoms with Crippen LogP contribution in [-0.2, 0) is 14.3 Å². The highest BCUT2D eigenvalue weighted by Crippen LogP contribution is 2.07. The summed E-state index contributed by atoms with van der Waals surface area (Å²) >= 11 is 0. The van der Waals surface area contributed by atoms with E-state index < -0.39 is 12.1 Å². The van der Waals surface area contributed by atoms with E-state index in [-0.39, 0.29) is 12.4 Å². The van der Waals surface area contributed by atoms with Crippen molar-refractivity contribution in [3.05, 3.63) is 0 Å². The van der Waals surface area contributed by atoms with Gasteiger partial charge in [0.1, 0.15) is 0 Å². The molecular weight excluding hydrogens is 220 g/mol. The van der Waals surface area contributed by atoms with Gasteiger partial charge in [-0.1, -0.05) is 25.7 Å². The number of rotatable bonds is 9. The molecule has 1 N–H and O–H groups in total. The van der Waals surface area contributed by atoms with Crippen molar-refractivity contribution in [1.82, 2.24) is 0 Å². The van der Waals surface area contributed by atoms with Crippen LogP contribution in [0, 0.1) is 12.3 Å². The molecule has 0 aliphatic heterocycles. The lowest BCUT2D eigenvalue weighted by Gasteiger charge is -2.09. The molecule has 0 radical (unpaired) electrons. The molecule has 0 fully saturated rings. The van der Waals surface area contributed by atoms with E-state index in [1.807, 2.05) is 6.92 Å². The van der Waals surface area contributed by atoms with Crippen LogP contribution < -0.4 is 0 Å². The fourth-order valence-corrected chi connectivity index (χ4v) is 1.35. The number of ether oxygens (including phenoxy) is 1. The van der Waals surface area contributed by atoms with E-state index in [2.05, 4.69) is 5.92 Å². The predicted octanol–water partition coefficient (Wildman–Crippen LogP) is 2.37. The number of carboxylic acid groups (broad SMARTS) is 1. The van der Waals surface area contributed by atoms with E-state index >= 15 is 0 Å². The smallest absolute Gasteiger partial charge is 0.307 e. The maximum Gasteiger partial charge on any atom is 0.307 e. The van der Waals surface area contributed by atoms with Crippen LogP contribution >= 0.6 is 0 Å². The molecule has 0 amide bonds. The SMILES string of the molecule is C#CC(CC)OC(=O)CCCCCCC(=O)O. The first-order valence-electron chi connectivity index (χ1n) is 5.97. The van der Waals surface area contributed by atoms with Gasteiger partial charge in [-0.2, -0.15) is 0 Å². The molecule has 0 aromatic heterocycles. The first kappa shape index (κ1) is 15.5. The highest BCUT2D eigenvalue weighted by molar-refractivity contribution is 5.69. The third-order valence-electron chi connectivity index (χ3n) is 2.35. The monoisotopic (exact) mass is 240 g/mol. The Balaban J connectivity index is 3.46. The van der Waals surface area contributed by atoms with Crippen molar-refractivity contribution < 1.29 is 19.4 Å². The molecule has 0 saturated heterocycles. The van der Waals surface area contributed by atoms with Gasteiger partial charge in [0.2, 0.25) is 0 Å². The molecule has 0 bridgehead atoms. The predicted molar refractivity (Wildman–Crippen MR) is 64.3 cm³/mol. The average Bonchev–Trinajstić information content (AvgIpc) is 2.30. The van der Waals surface area contributed by atoms with Crippen LogP contribution in [0.4, 0.5) is 0 Å². The summed E-state index contributed by atoms with van der Waals surface area (Å²) in [6.07, 6.45) is 8.97. The summed E-state index contributed by atoms with van der Waals surface area (Å²) in [7, 11) is 0. The Kier molecular flexibility index (Phi) is 8.85. The summed E-state index contributed by atoms with van der Waals surface area (Å²) in [6, 6.07) is 0. The van der Waals surface area contributed by atoms with Gasteiger partial charge >= 0.3 is 11.9 Å². The molecule has 0 spiro atoms. The van der Waals surface area contributed by atoms with E-state index in [1.54, 1.807) is 0 Å². The summed E-state index contributed by atoms with van der Waals surface area (Å²) < 4.78 is 5.02. The summed E-state index contributed by atoms with van der Waals surface area (Å²) in [5, 5.41) is 8.42. The van der Waals surface area contributed by atoms with Crippen LogP contribution in [0.15, 0.2) is 0 Å². The standard InChI is InChI=1S/C13H20O4/c1-3-11(4-2)17-13(16)10-8-6-5-7-9-12(14)15/h1,11H,4-10H2,2H3,(H,14,15). The average molecular weight is 240 g/mol. The number of hydrogen-bond acceptors (Lipinski definition) is 3. The third-order valence-corrected chi connectivity index (χ3v) is 2.35. The van der Waals surface area contributed by atoms with Gasteiger partial charge in [-0.25, -0.2) is 0 Å². The van der Waals surface area contributed by atoms with Crippen LogP contribution in [0.1, 0.15) is 51.9 Å². The maximum atomic E-state index is 11.3. The molecule has 0 aromatic rings. The molecule has 96 valence electrons. The Morgan fingerprint density at radius 1 is 1.24 bits per heavy atom. The number of hydrogen-bond donors (Lipinski definition) is 1. The summed E-state index contributed by atoms with van der Waals surface area (Å²) in [5.41, 5.74) is 0. The number of aliphatic carboxylic acids is 1. The quantitative estimate of drug-likeness (QED) is 0.382. The maximum absolute atomic E-state index is 11.3. The lowest BCUT2D eigenvalue weighted by Crippen LogP contribution is -2.15. The number of unbranched alkanes of at least 4 members (excludes halogenated alkanes) is 3. The van der Waals surface area contributed by atoms with Crippen molar-refractivity contribution in [3.63, 3.8) is 0 Å². The van der Waals surface area contributed by atoms with Crippen molar-refractivity contribution in [1.29, 1.82) is 0 Å². The number of esters is 1. The number of carboxylic acids is 1. The van der Waals surface area contributed by atoms with E-state index in [1.165, 1.54) is 0 Å². The second kappa shape index (κ2) is 9.71. The van der Waals surface area contributed by atoms with Crippen molar-refractivity contribution >= 4 is 11.9 Å². The molecule has 1 atom stereocenters. The molecule has 17 heavy (non-hydrogen) atoms. The van der Waals surface area contributed by atoms with Gasteiger partial charge in [0.25, 0.3) is 0 Å². The van der Waals surface area contributed by atoms with Gasteiger partial charge < -0.3 is 9.84 Å². The van der Waals surface area contributed by atoms with E-state index in [4.69, 9.17) is 16.3 Å². The Bertz CT molecular complexity index is 278. The molecule has 0 aromatic carbocycles. The van der Waals surface area contributed by atoms with Crippen LogP contribution in [0.2, 0.25) is 0 Å². The first-order chi connectivity index (χ1) is 8.10. The van der Waals surface area contributed by atoms with E-state index in [0.717, 1.165) is 19.3 Å². The van der Waals surface area contributed by atoms with Gasteiger partial charge in [0.05, 0.1) is 0 Å². The Morgan fingerprint density at radius 2 is 1.82 bits per heavy atom. The van der Waals surface area contributed by atoms with Gasteiger partial charge in [0.15, 0.2) is 6.10 Å². The Labute approximate surface area is 102 Å². The van der Waals surface area contributed by atoms with Crippen molar-refractivity contribution in [3.8, 4) is 12.3 Å². The molecular formula is C13H20O4. The normalized spacial score (nSPS) is 11.5. The highest BCUT2D eigenvalue weighted by Gasteiger charge is 2.08. The molecule has 4 heteroatoms.